The van der Waals surface area contributed by atoms with Gasteiger partial charge < -0.3 is 10.6 Å². The van der Waals surface area contributed by atoms with E-state index in [1.54, 1.807) is 0 Å². The first-order valence-corrected chi connectivity index (χ1v) is 7.77. The molecular formula is C17H13ClFN3O3. The van der Waals surface area contributed by atoms with Gasteiger partial charge in [-0.3, -0.25) is 9.59 Å². The molecule has 0 saturated carbocycles. The Balaban J connectivity index is 1.80. The minimum absolute atomic E-state index is 0.136. The SMILES string of the molecule is O=C(Nc1cccc(F)c1)C1CNC(=O)N(c2ccc(Cl)cc2)C1=O. The van der Waals surface area contributed by atoms with Crippen molar-refractivity contribution in [1.29, 1.82) is 0 Å². The molecule has 1 unspecified atom stereocenters. The molecule has 2 aromatic rings. The number of imide groups is 1. The maximum atomic E-state index is 13.2. The Morgan fingerprint density at radius 3 is 2.60 bits per heavy atom. The van der Waals surface area contributed by atoms with Gasteiger partial charge in [0.1, 0.15) is 11.7 Å². The van der Waals surface area contributed by atoms with Crippen LogP contribution in [0.4, 0.5) is 20.6 Å². The number of hydrogen-bond acceptors (Lipinski definition) is 3. The van der Waals surface area contributed by atoms with Gasteiger partial charge in [-0.25, -0.2) is 14.1 Å². The lowest BCUT2D eigenvalue weighted by Crippen LogP contribution is -2.58. The zero-order chi connectivity index (χ0) is 18.0. The fourth-order valence-electron chi connectivity index (χ4n) is 2.45. The molecule has 25 heavy (non-hydrogen) atoms. The van der Waals surface area contributed by atoms with Crippen LogP contribution in [0.15, 0.2) is 48.5 Å². The first-order chi connectivity index (χ1) is 12.0. The number of nitrogens with one attached hydrogen (secondary N) is 2. The molecule has 2 aromatic carbocycles. The second-order valence-electron chi connectivity index (χ2n) is 5.39. The predicted octanol–water partition coefficient (Wildman–Crippen LogP) is 2.79. The van der Waals surface area contributed by atoms with Gasteiger partial charge in [-0.2, -0.15) is 0 Å². The van der Waals surface area contributed by atoms with Gasteiger partial charge in [0, 0.05) is 17.3 Å². The van der Waals surface area contributed by atoms with Gasteiger partial charge in [0.05, 0.1) is 5.69 Å². The number of rotatable bonds is 3. The monoisotopic (exact) mass is 361 g/mol. The van der Waals surface area contributed by atoms with Crippen molar-refractivity contribution in [2.45, 2.75) is 0 Å². The van der Waals surface area contributed by atoms with Crippen LogP contribution in [0.25, 0.3) is 0 Å². The maximum absolute atomic E-state index is 13.2. The van der Waals surface area contributed by atoms with Gasteiger partial charge in [0.15, 0.2) is 0 Å². The fourth-order valence-corrected chi connectivity index (χ4v) is 2.57. The molecule has 1 aliphatic rings. The third-order valence-electron chi connectivity index (χ3n) is 3.67. The first kappa shape index (κ1) is 16.9. The lowest BCUT2D eigenvalue weighted by atomic mass is 10.0. The van der Waals surface area contributed by atoms with Crippen LogP contribution >= 0.6 is 11.6 Å². The van der Waals surface area contributed by atoms with Crippen LogP contribution in [0.1, 0.15) is 0 Å². The van der Waals surface area contributed by atoms with Gasteiger partial charge >= 0.3 is 6.03 Å². The lowest BCUT2D eigenvalue weighted by Gasteiger charge is -2.30. The van der Waals surface area contributed by atoms with Crippen molar-refractivity contribution < 1.29 is 18.8 Å². The van der Waals surface area contributed by atoms with Gasteiger partial charge in [-0.1, -0.05) is 17.7 Å². The molecule has 0 bridgehead atoms. The average Bonchev–Trinajstić information content (AvgIpc) is 2.56. The zero-order valence-electron chi connectivity index (χ0n) is 12.8. The molecular weight excluding hydrogens is 349 g/mol. The smallest absolute Gasteiger partial charge is 0.328 e. The van der Waals surface area contributed by atoms with Crippen molar-refractivity contribution in [3.8, 4) is 0 Å². The van der Waals surface area contributed by atoms with Crippen LogP contribution in [-0.2, 0) is 9.59 Å². The fraction of sp³-hybridized carbons (Fsp3) is 0.118. The molecule has 1 aliphatic heterocycles. The van der Waals surface area contributed by atoms with Crippen molar-refractivity contribution in [2.24, 2.45) is 5.92 Å². The largest absolute Gasteiger partial charge is 0.336 e. The highest BCUT2D eigenvalue weighted by Crippen LogP contribution is 2.23. The van der Waals surface area contributed by atoms with E-state index in [0.717, 1.165) is 11.0 Å². The number of hydrogen-bond donors (Lipinski definition) is 2. The predicted molar refractivity (Wildman–Crippen MR) is 90.9 cm³/mol. The summed E-state index contributed by atoms with van der Waals surface area (Å²) in [6.07, 6.45) is 0. The summed E-state index contributed by atoms with van der Waals surface area (Å²) < 4.78 is 13.2. The summed E-state index contributed by atoms with van der Waals surface area (Å²) in [7, 11) is 0. The van der Waals surface area contributed by atoms with E-state index in [9.17, 15) is 18.8 Å². The number of amides is 4. The first-order valence-electron chi connectivity index (χ1n) is 7.39. The molecule has 8 heteroatoms. The maximum Gasteiger partial charge on any atom is 0.328 e. The number of carbonyl (C=O) groups excluding carboxylic acids is 3. The molecule has 128 valence electrons. The molecule has 2 N–H and O–H groups in total. The Morgan fingerprint density at radius 2 is 1.92 bits per heavy atom. The molecule has 4 amide bonds. The molecule has 0 spiro atoms. The summed E-state index contributed by atoms with van der Waals surface area (Å²) in [5.74, 6) is -2.94. The number of benzene rings is 2. The van der Waals surface area contributed by atoms with E-state index in [2.05, 4.69) is 10.6 Å². The summed E-state index contributed by atoms with van der Waals surface area (Å²) in [5, 5.41) is 5.43. The van der Waals surface area contributed by atoms with Crippen LogP contribution in [0.2, 0.25) is 5.02 Å². The third kappa shape index (κ3) is 3.61. The van der Waals surface area contributed by atoms with Crippen molar-refractivity contribution in [3.05, 3.63) is 59.4 Å². The van der Waals surface area contributed by atoms with E-state index >= 15 is 0 Å². The van der Waals surface area contributed by atoms with Crippen LogP contribution in [0.5, 0.6) is 0 Å². The van der Waals surface area contributed by atoms with E-state index in [1.807, 2.05) is 0 Å². The van der Waals surface area contributed by atoms with E-state index in [4.69, 9.17) is 11.6 Å². The van der Waals surface area contributed by atoms with Crippen LogP contribution in [0.3, 0.4) is 0 Å². The van der Waals surface area contributed by atoms with E-state index in [1.165, 1.54) is 42.5 Å². The molecule has 0 aliphatic carbocycles. The second-order valence-corrected chi connectivity index (χ2v) is 5.82. The van der Waals surface area contributed by atoms with Gasteiger partial charge in [-0.15, -0.1) is 0 Å². The Hall–Kier alpha value is -2.93. The van der Waals surface area contributed by atoms with Crippen molar-refractivity contribution in [1.82, 2.24) is 5.32 Å². The Labute approximate surface area is 147 Å². The molecule has 6 nitrogen and oxygen atoms in total. The topological polar surface area (TPSA) is 78.5 Å². The molecule has 3 rings (SSSR count). The van der Waals surface area contributed by atoms with Crippen molar-refractivity contribution in [2.75, 3.05) is 16.8 Å². The van der Waals surface area contributed by atoms with Crippen LogP contribution in [-0.4, -0.2) is 24.4 Å². The molecule has 0 radical (unpaired) electrons. The normalized spacial score (nSPS) is 17.2. The number of urea groups is 1. The highest BCUT2D eigenvalue weighted by molar-refractivity contribution is 6.30. The standard InChI is InChI=1S/C17H13ClFN3O3/c18-10-4-6-13(7-5-10)22-16(24)14(9-20-17(22)25)15(23)21-12-3-1-2-11(19)8-12/h1-8,14H,9H2,(H,20,25)(H,21,23). The number of nitrogens with zero attached hydrogens (tertiary/aromatic N) is 1. The summed E-state index contributed by atoms with van der Waals surface area (Å²) in [4.78, 5) is 37.9. The summed E-state index contributed by atoms with van der Waals surface area (Å²) in [6.45, 7) is -0.136. The van der Waals surface area contributed by atoms with Crippen molar-refractivity contribution >= 4 is 40.8 Å². The summed E-state index contributed by atoms with van der Waals surface area (Å²) in [5.41, 5.74) is 0.530. The van der Waals surface area contributed by atoms with E-state index in [-0.39, 0.29) is 12.2 Å². The summed E-state index contributed by atoms with van der Waals surface area (Å²) in [6, 6.07) is 10.8. The van der Waals surface area contributed by atoms with Gasteiger partial charge in [-0.05, 0) is 42.5 Å². The lowest BCUT2D eigenvalue weighted by molar-refractivity contribution is -0.130. The number of halogens is 2. The molecule has 1 heterocycles. The average molecular weight is 362 g/mol. The van der Waals surface area contributed by atoms with Gasteiger partial charge in [0.2, 0.25) is 11.8 Å². The van der Waals surface area contributed by atoms with Crippen molar-refractivity contribution in [3.63, 3.8) is 0 Å². The highest BCUT2D eigenvalue weighted by atomic mass is 35.5. The van der Waals surface area contributed by atoms with Crippen LogP contribution < -0.4 is 15.5 Å². The molecule has 1 atom stereocenters. The molecule has 1 fully saturated rings. The Kier molecular flexibility index (Phi) is 4.67. The van der Waals surface area contributed by atoms with Crippen LogP contribution in [0, 0.1) is 11.7 Å². The molecule has 1 saturated heterocycles. The molecule has 0 aromatic heterocycles. The van der Waals surface area contributed by atoms with E-state index in [0.29, 0.717) is 10.7 Å². The Bertz CT molecular complexity index is 841. The van der Waals surface area contributed by atoms with E-state index < -0.39 is 29.6 Å². The number of carbonyl (C=O) groups is 3. The third-order valence-corrected chi connectivity index (χ3v) is 3.92. The second kappa shape index (κ2) is 6.90. The Morgan fingerprint density at radius 1 is 1.20 bits per heavy atom. The zero-order valence-corrected chi connectivity index (χ0v) is 13.6. The summed E-state index contributed by atoms with van der Waals surface area (Å²) >= 11 is 5.81. The van der Waals surface area contributed by atoms with Gasteiger partial charge in [0.25, 0.3) is 0 Å². The minimum Gasteiger partial charge on any atom is -0.336 e. The highest BCUT2D eigenvalue weighted by Gasteiger charge is 2.39. The quantitative estimate of drug-likeness (QED) is 0.825. The minimum atomic E-state index is -1.13. The number of anilines is 2.